The van der Waals surface area contributed by atoms with E-state index in [2.05, 4.69) is 41.8 Å². The first-order chi connectivity index (χ1) is 17.8. The summed E-state index contributed by atoms with van der Waals surface area (Å²) in [6.07, 6.45) is 0.527. The van der Waals surface area contributed by atoms with E-state index in [4.69, 9.17) is 4.84 Å². The van der Waals surface area contributed by atoms with Crippen LogP contribution >= 0.6 is 0 Å². The Morgan fingerprint density at radius 3 is 2.41 bits per heavy atom. The van der Waals surface area contributed by atoms with Crippen molar-refractivity contribution in [1.82, 2.24) is 4.57 Å². The van der Waals surface area contributed by atoms with Crippen LogP contribution in [0, 0.1) is 11.6 Å². The van der Waals surface area contributed by atoms with E-state index in [0.717, 1.165) is 45.6 Å². The van der Waals surface area contributed by atoms with Crippen molar-refractivity contribution in [3.63, 3.8) is 0 Å². The number of benzene rings is 3. The lowest BCUT2D eigenvalue weighted by Gasteiger charge is -2.15. The molecule has 1 aromatic heterocycles. The second kappa shape index (κ2) is 11.5. The molecule has 37 heavy (non-hydrogen) atoms. The first-order valence-electron chi connectivity index (χ1n) is 12.6. The van der Waals surface area contributed by atoms with Gasteiger partial charge in [0.1, 0.15) is 6.61 Å². The molecule has 0 saturated carbocycles. The summed E-state index contributed by atoms with van der Waals surface area (Å²) in [6.45, 7) is 9.07. The van der Waals surface area contributed by atoms with Gasteiger partial charge in [-0.25, -0.2) is 8.78 Å². The topological polar surface area (TPSA) is 43.6 Å². The number of ketones is 1. The fraction of sp³-hybridized carbons (Fsp3) is 0.290. The van der Waals surface area contributed by atoms with Crippen LogP contribution in [0.3, 0.4) is 0 Å². The minimum atomic E-state index is -0.899. The summed E-state index contributed by atoms with van der Waals surface area (Å²) in [5, 5.41) is 5.07. The van der Waals surface area contributed by atoms with Crippen LogP contribution in [0.25, 0.3) is 10.9 Å². The number of aromatic nitrogens is 1. The number of hydrogen-bond donors (Lipinski definition) is 0. The fourth-order valence-electron chi connectivity index (χ4n) is 4.72. The second-order valence-corrected chi connectivity index (χ2v) is 9.48. The molecule has 0 saturated heterocycles. The number of carbonyl (C=O) groups excluding carboxylic acids is 1. The first-order valence-corrected chi connectivity index (χ1v) is 12.6. The van der Waals surface area contributed by atoms with E-state index in [1.54, 1.807) is 0 Å². The Morgan fingerprint density at radius 2 is 1.73 bits per heavy atom. The second-order valence-electron chi connectivity index (χ2n) is 9.48. The molecule has 0 unspecified atom stereocenters. The normalized spacial score (nSPS) is 11.9. The van der Waals surface area contributed by atoms with Gasteiger partial charge in [0.15, 0.2) is 17.4 Å². The lowest BCUT2D eigenvalue weighted by atomic mass is 9.95. The zero-order chi connectivity index (χ0) is 26.5. The number of hydrogen-bond acceptors (Lipinski definition) is 3. The minimum Gasteiger partial charge on any atom is -0.396 e. The Hall–Kier alpha value is -3.80. The molecular formula is C31H32F2N2O2. The highest BCUT2D eigenvalue weighted by molar-refractivity contribution is 6.11. The Bertz CT molecular complexity index is 1440. The van der Waals surface area contributed by atoms with Crippen molar-refractivity contribution in [3.8, 4) is 0 Å². The van der Waals surface area contributed by atoms with Crippen LogP contribution in [-0.2, 0) is 17.8 Å². The monoisotopic (exact) mass is 502 g/mol. The SMILES string of the molecule is CCO/N=C(\C)c1ccc2c(C(=O)CCc3ccc(F)c(F)c3)c(C(C)C)n(Cc3ccccc3)c2c1. The highest BCUT2D eigenvalue weighted by atomic mass is 19.2. The highest BCUT2D eigenvalue weighted by Gasteiger charge is 2.25. The standard InChI is InChI=1S/C31H32F2N2O2/c1-5-37-34-21(4)24-13-14-25-28(18-24)35(19-23-9-7-6-8-10-23)31(20(2)3)30(25)29(36)16-12-22-11-15-26(32)27(33)17-22/h6-11,13-15,17-18,20H,5,12,16,19H2,1-4H3/b34-21+. The molecule has 0 N–H and O–H groups in total. The molecule has 6 heteroatoms. The van der Waals surface area contributed by atoms with Crippen LogP contribution in [0.2, 0.25) is 0 Å². The summed E-state index contributed by atoms with van der Waals surface area (Å²) < 4.78 is 29.3. The predicted molar refractivity (Wildman–Crippen MR) is 144 cm³/mol. The minimum absolute atomic E-state index is 0.0160. The summed E-state index contributed by atoms with van der Waals surface area (Å²) in [7, 11) is 0. The van der Waals surface area contributed by atoms with Crippen molar-refractivity contribution >= 4 is 22.4 Å². The van der Waals surface area contributed by atoms with Crippen LogP contribution in [0.5, 0.6) is 0 Å². The number of rotatable bonds is 10. The number of aryl methyl sites for hydroxylation is 1. The van der Waals surface area contributed by atoms with Gasteiger partial charge in [-0.15, -0.1) is 0 Å². The molecule has 0 amide bonds. The number of oxime groups is 1. The molecule has 4 aromatic rings. The molecule has 192 valence electrons. The van der Waals surface area contributed by atoms with Crippen LogP contribution in [0.15, 0.2) is 71.9 Å². The lowest BCUT2D eigenvalue weighted by Crippen LogP contribution is -2.11. The van der Waals surface area contributed by atoms with Crippen molar-refractivity contribution in [2.45, 2.75) is 53.0 Å². The Kier molecular flexibility index (Phi) is 8.17. The Balaban J connectivity index is 1.81. The van der Waals surface area contributed by atoms with E-state index in [9.17, 15) is 13.6 Å². The van der Waals surface area contributed by atoms with Crippen LogP contribution in [0.4, 0.5) is 8.78 Å². The number of Topliss-reactive ketones (excluding diaryl/α,β-unsaturated/α-hetero) is 1. The van der Waals surface area contributed by atoms with E-state index in [1.165, 1.54) is 6.07 Å². The van der Waals surface area contributed by atoms with Gasteiger partial charge in [-0.2, -0.15) is 0 Å². The van der Waals surface area contributed by atoms with Gasteiger partial charge in [-0.1, -0.05) is 67.5 Å². The largest absolute Gasteiger partial charge is 0.396 e. The van der Waals surface area contributed by atoms with E-state index in [1.807, 2.05) is 44.2 Å². The molecule has 0 spiro atoms. The number of carbonyl (C=O) groups is 1. The van der Waals surface area contributed by atoms with Gasteiger partial charge in [0.2, 0.25) is 0 Å². The summed E-state index contributed by atoms with van der Waals surface area (Å²) in [5.41, 5.74) is 6.01. The van der Waals surface area contributed by atoms with Crippen molar-refractivity contribution in [3.05, 3.63) is 106 Å². The number of nitrogens with zero attached hydrogens (tertiary/aromatic N) is 2. The molecular weight excluding hydrogens is 470 g/mol. The average molecular weight is 503 g/mol. The molecule has 0 bridgehead atoms. The van der Waals surface area contributed by atoms with Gasteiger partial charge in [0.25, 0.3) is 0 Å². The van der Waals surface area contributed by atoms with Gasteiger partial charge < -0.3 is 9.40 Å². The molecule has 4 nitrogen and oxygen atoms in total. The molecule has 0 aliphatic rings. The molecule has 0 radical (unpaired) electrons. The number of halogens is 2. The third-order valence-electron chi connectivity index (χ3n) is 6.49. The molecule has 4 rings (SSSR count). The van der Waals surface area contributed by atoms with Crippen molar-refractivity contribution in [1.29, 1.82) is 0 Å². The Labute approximate surface area is 216 Å². The maximum Gasteiger partial charge on any atom is 0.165 e. The van der Waals surface area contributed by atoms with Crippen LogP contribution in [-0.4, -0.2) is 22.7 Å². The molecule has 3 aromatic carbocycles. The van der Waals surface area contributed by atoms with E-state index >= 15 is 0 Å². The van der Waals surface area contributed by atoms with Crippen LogP contribution < -0.4 is 0 Å². The third kappa shape index (κ3) is 5.79. The van der Waals surface area contributed by atoms with Gasteiger partial charge in [-0.05, 0) is 55.5 Å². The summed E-state index contributed by atoms with van der Waals surface area (Å²) in [4.78, 5) is 19.0. The van der Waals surface area contributed by atoms with Gasteiger partial charge in [-0.3, -0.25) is 4.79 Å². The first kappa shape index (κ1) is 26.3. The van der Waals surface area contributed by atoms with E-state index in [-0.39, 0.29) is 18.1 Å². The average Bonchev–Trinajstić information content (AvgIpc) is 3.22. The molecule has 0 aliphatic carbocycles. The molecule has 0 atom stereocenters. The van der Waals surface area contributed by atoms with E-state index in [0.29, 0.717) is 30.7 Å². The van der Waals surface area contributed by atoms with Crippen molar-refractivity contribution < 1.29 is 18.4 Å². The third-order valence-corrected chi connectivity index (χ3v) is 6.49. The number of fused-ring (bicyclic) bond motifs is 1. The zero-order valence-corrected chi connectivity index (χ0v) is 21.7. The van der Waals surface area contributed by atoms with Gasteiger partial charge in [0, 0.05) is 40.7 Å². The lowest BCUT2D eigenvalue weighted by molar-refractivity contribution is 0.0982. The van der Waals surface area contributed by atoms with Crippen molar-refractivity contribution in [2.24, 2.45) is 5.16 Å². The smallest absolute Gasteiger partial charge is 0.165 e. The zero-order valence-electron chi connectivity index (χ0n) is 21.7. The summed E-state index contributed by atoms with van der Waals surface area (Å²) in [6, 6.07) is 20.0. The quantitative estimate of drug-likeness (QED) is 0.127. The maximum absolute atomic E-state index is 13.7. The molecule has 0 fully saturated rings. The Morgan fingerprint density at radius 1 is 0.973 bits per heavy atom. The predicted octanol–water partition coefficient (Wildman–Crippen LogP) is 7.67. The van der Waals surface area contributed by atoms with E-state index < -0.39 is 11.6 Å². The highest BCUT2D eigenvalue weighted by Crippen LogP contribution is 2.34. The summed E-state index contributed by atoms with van der Waals surface area (Å²) in [5.74, 6) is -1.72. The maximum atomic E-state index is 13.7. The molecule has 0 aliphatic heterocycles. The van der Waals surface area contributed by atoms with Gasteiger partial charge in [0.05, 0.1) is 5.71 Å². The summed E-state index contributed by atoms with van der Waals surface area (Å²) >= 11 is 0. The van der Waals surface area contributed by atoms with Crippen LogP contribution in [0.1, 0.15) is 72.8 Å². The molecule has 1 heterocycles. The fourth-order valence-corrected chi connectivity index (χ4v) is 4.72. The van der Waals surface area contributed by atoms with Gasteiger partial charge >= 0.3 is 0 Å². The van der Waals surface area contributed by atoms with Crippen molar-refractivity contribution in [2.75, 3.05) is 6.61 Å².